The first-order valence-corrected chi connectivity index (χ1v) is 9.92. The molecule has 0 aliphatic rings. The first kappa shape index (κ1) is 22.2. The van der Waals surface area contributed by atoms with Crippen molar-refractivity contribution in [3.8, 4) is 28.5 Å². The summed E-state index contributed by atoms with van der Waals surface area (Å²) in [6, 6.07) is 9.70. The van der Waals surface area contributed by atoms with Crippen molar-refractivity contribution in [1.82, 2.24) is 9.13 Å². The quantitative estimate of drug-likeness (QED) is 0.629. The van der Waals surface area contributed by atoms with Gasteiger partial charge in [-0.25, -0.2) is 9.79 Å². The maximum absolute atomic E-state index is 13.0. The molecule has 0 spiro atoms. The van der Waals surface area contributed by atoms with Gasteiger partial charge in [0, 0.05) is 25.7 Å². The van der Waals surface area contributed by atoms with Gasteiger partial charge in [-0.3, -0.25) is 9.13 Å². The van der Waals surface area contributed by atoms with Gasteiger partial charge in [0.25, 0.3) is 0 Å². The molecule has 0 unspecified atom stereocenters. The average Bonchev–Trinajstić information content (AvgIpc) is 2.74. The predicted octanol–water partition coefficient (Wildman–Crippen LogP) is 3.57. The Morgan fingerprint density at radius 2 is 1.42 bits per heavy atom. The molecule has 2 aromatic carbocycles. The number of hydrogen-bond donors (Lipinski definition) is 0. The molecule has 0 atom stereocenters. The molecule has 0 bridgehead atoms. The standard InChI is InChI=1S/C24H29N3O4/c1-14-11-15(2)21(16(3)12-14)25-20-13-18(26(4)24(28)27(20)5)17-9-10-19(29-6)23(31-8)22(17)30-7/h9-13H,1-8H3. The molecule has 164 valence electrons. The Hall–Kier alpha value is -3.48. The summed E-state index contributed by atoms with van der Waals surface area (Å²) in [6.45, 7) is 6.11. The van der Waals surface area contributed by atoms with Gasteiger partial charge in [0.2, 0.25) is 5.75 Å². The van der Waals surface area contributed by atoms with E-state index in [1.807, 2.05) is 26.0 Å². The Bertz CT molecular complexity index is 1250. The zero-order valence-corrected chi connectivity index (χ0v) is 19.4. The number of methoxy groups -OCH3 is 3. The van der Waals surface area contributed by atoms with Crippen LogP contribution in [0.5, 0.6) is 17.2 Å². The molecule has 3 rings (SSSR count). The highest BCUT2D eigenvalue weighted by Crippen LogP contribution is 2.43. The van der Waals surface area contributed by atoms with E-state index in [9.17, 15) is 4.79 Å². The van der Waals surface area contributed by atoms with E-state index in [4.69, 9.17) is 19.2 Å². The smallest absolute Gasteiger partial charge is 0.329 e. The lowest BCUT2D eigenvalue weighted by atomic mass is 10.1. The van der Waals surface area contributed by atoms with Crippen LogP contribution >= 0.6 is 0 Å². The summed E-state index contributed by atoms with van der Waals surface area (Å²) in [6.07, 6.45) is 0. The fraction of sp³-hybridized carbons (Fsp3) is 0.333. The molecule has 31 heavy (non-hydrogen) atoms. The molecule has 0 amide bonds. The van der Waals surface area contributed by atoms with E-state index in [2.05, 4.69) is 19.1 Å². The number of aromatic nitrogens is 2. The van der Waals surface area contributed by atoms with Crippen LogP contribution < -0.4 is 25.4 Å². The van der Waals surface area contributed by atoms with Crippen LogP contribution in [0.3, 0.4) is 0 Å². The maximum atomic E-state index is 13.0. The monoisotopic (exact) mass is 423 g/mol. The highest BCUT2D eigenvalue weighted by molar-refractivity contribution is 5.74. The van der Waals surface area contributed by atoms with E-state index >= 15 is 0 Å². The summed E-state index contributed by atoms with van der Waals surface area (Å²) in [7, 11) is 8.12. The van der Waals surface area contributed by atoms with E-state index in [0.29, 0.717) is 34.0 Å². The van der Waals surface area contributed by atoms with Crippen molar-refractivity contribution >= 4 is 5.69 Å². The van der Waals surface area contributed by atoms with Crippen LogP contribution in [0.4, 0.5) is 5.69 Å². The van der Waals surface area contributed by atoms with E-state index in [1.54, 1.807) is 46.1 Å². The first-order chi connectivity index (χ1) is 14.7. The molecule has 3 aromatic rings. The Morgan fingerprint density at radius 1 is 0.806 bits per heavy atom. The van der Waals surface area contributed by atoms with Gasteiger partial charge in [-0.05, 0) is 44.0 Å². The second-order valence-electron chi connectivity index (χ2n) is 7.53. The SMILES string of the molecule is COc1ccc(-c2cc(=Nc3c(C)cc(C)cc3C)n(C)c(=O)n2C)c(OC)c1OC. The minimum Gasteiger partial charge on any atom is -0.493 e. The molecule has 0 aliphatic carbocycles. The molecule has 0 N–H and O–H groups in total. The van der Waals surface area contributed by atoms with Crippen LogP contribution in [-0.4, -0.2) is 30.5 Å². The second kappa shape index (κ2) is 8.71. The highest BCUT2D eigenvalue weighted by Gasteiger charge is 2.19. The van der Waals surface area contributed by atoms with E-state index in [0.717, 1.165) is 16.8 Å². The summed E-state index contributed by atoms with van der Waals surface area (Å²) in [5, 5.41) is 0. The van der Waals surface area contributed by atoms with Crippen molar-refractivity contribution in [2.75, 3.05) is 21.3 Å². The normalized spacial score (nSPS) is 11.5. The van der Waals surface area contributed by atoms with Crippen molar-refractivity contribution in [2.45, 2.75) is 20.8 Å². The lowest BCUT2D eigenvalue weighted by Crippen LogP contribution is -2.37. The summed E-state index contributed by atoms with van der Waals surface area (Å²) in [5.41, 5.74) is 5.86. The predicted molar refractivity (Wildman–Crippen MR) is 122 cm³/mol. The number of nitrogens with zero attached hydrogens (tertiary/aromatic N) is 3. The van der Waals surface area contributed by atoms with E-state index in [-0.39, 0.29) is 5.69 Å². The largest absolute Gasteiger partial charge is 0.493 e. The molecule has 7 nitrogen and oxygen atoms in total. The molecule has 0 radical (unpaired) electrons. The van der Waals surface area contributed by atoms with Gasteiger partial charge in [0.1, 0.15) is 5.49 Å². The molecule has 1 aromatic heterocycles. The van der Waals surface area contributed by atoms with Crippen molar-refractivity contribution in [2.24, 2.45) is 19.1 Å². The van der Waals surface area contributed by atoms with Gasteiger partial charge in [-0.1, -0.05) is 17.7 Å². The molecular weight excluding hydrogens is 394 g/mol. The molecule has 7 heteroatoms. The summed E-state index contributed by atoms with van der Waals surface area (Å²) >= 11 is 0. The fourth-order valence-electron chi connectivity index (χ4n) is 3.87. The average molecular weight is 424 g/mol. The summed E-state index contributed by atoms with van der Waals surface area (Å²) in [5.74, 6) is 1.50. The fourth-order valence-corrected chi connectivity index (χ4v) is 3.87. The zero-order chi connectivity index (χ0) is 22.9. The van der Waals surface area contributed by atoms with Crippen LogP contribution in [0.15, 0.2) is 40.1 Å². The second-order valence-corrected chi connectivity index (χ2v) is 7.53. The van der Waals surface area contributed by atoms with E-state index < -0.39 is 0 Å². The summed E-state index contributed by atoms with van der Waals surface area (Å²) < 4.78 is 19.6. The van der Waals surface area contributed by atoms with Crippen LogP contribution in [0, 0.1) is 20.8 Å². The van der Waals surface area contributed by atoms with Crippen LogP contribution in [0.25, 0.3) is 11.3 Å². The summed E-state index contributed by atoms with van der Waals surface area (Å²) in [4.78, 5) is 17.9. The third-order valence-corrected chi connectivity index (χ3v) is 5.39. The minimum atomic E-state index is -0.199. The lowest BCUT2D eigenvalue weighted by Gasteiger charge is -2.18. The van der Waals surface area contributed by atoms with Gasteiger partial charge in [0.15, 0.2) is 11.5 Å². The Kier molecular flexibility index (Phi) is 6.24. The maximum Gasteiger partial charge on any atom is 0.329 e. The Labute approximate surface area is 182 Å². The van der Waals surface area contributed by atoms with Crippen molar-refractivity contribution in [1.29, 1.82) is 0 Å². The van der Waals surface area contributed by atoms with Crippen LogP contribution in [-0.2, 0) is 14.1 Å². The third kappa shape index (κ3) is 3.95. The Balaban J connectivity index is 2.37. The van der Waals surface area contributed by atoms with Gasteiger partial charge < -0.3 is 14.2 Å². The van der Waals surface area contributed by atoms with Crippen molar-refractivity contribution in [3.05, 3.63) is 63.0 Å². The van der Waals surface area contributed by atoms with Gasteiger partial charge >= 0.3 is 5.69 Å². The van der Waals surface area contributed by atoms with Crippen LogP contribution in [0.1, 0.15) is 16.7 Å². The molecule has 0 aliphatic heterocycles. The first-order valence-electron chi connectivity index (χ1n) is 9.92. The number of rotatable bonds is 5. The van der Waals surface area contributed by atoms with Gasteiger partial charge in [-0.2, -0.15) is 0 Å². The van der Waals surface area contributed by atoms with E-state index in [1.165, 1.54) is 10.1 Å². The molecule has 0 saturated heterocycles. The number of hydrogen-bond acceptors (Lipinski definition) is 5. The Morgan fingerprint density at radius 3 is 1.97 bits per heavy atom. The number of ether oxygens (including phenoxy) is 3. The van der Waals surface area contributed by atoms with Gasteiger partial charge in [0.05, 0.1) is 32.7 Å². The van der Waals surface area contributed by atoms with Crippen molar-refractivity contribution < 1.29 is 14.2 Å². The molecular formula is C24H29N3O4. The molecule has 1 heterocycles. The molecule has 0 saturated carbocycles. The highest BCUT2D eigenvalue weighted by atomic mass is 16.5. The minimum absolute atomic E-state index is 0.199. The number of benzene rings is 2. The number of aryl methyl sites for hydroxylation is 3. The zero-order valence-electron chi connectivity index (χ0n) is 19.4. The molecule has 0 fully saturated rings. The van der Waals surface area contributed by atoms with Crippen molar-refractivity contribution in [3.63, 3.8) is 0 Å². The lowest BCUT2D eigenvalue weighted by molar-refractivity contribution is 0.325. The third-order valence-electron chi connectivity index (χ3n) is 5.39. The van der Waals surface area contributed by atoms with Gasteiger partial charge in [-0.15, -0.1) is 0 Å². The topological polar surface area (TPSA) is 67.0 Å². The van der Waals surface area contributed by atoms with Crippen LogP contribution in [0.2, 0.25) is 0 Å².